The van der Waals surface area contributed by atoms with Crippen molar-refractivity contribution in [1.29, 1.82) is 0 Å². The number of nitrogen functional groups attached to an aromatic ring is 1. The van der Waals surface area contributed by atoms with Gasteiger partial charge in [0.25, 0.3) is 0 Å². The molecule has 1 unspecified atom stereocenters. The first-order valence-corrected chi connectivity index (χ1v) is 5.26. The summed E-state index contributed by atoms with van der Waals surface area (Å²) in [5, 5.41) is 0. The van der Waals surface area contributed by atoms with E-state index in [0.29, 0.717) is 5.95 Å². The molecule has 1 saturated heterocycles. The summed E-state index contributed by atoms with van der Waals surface area (Å²) in [6.07, 6.45) is 3.04. The molecule has 0 spiro atoms. The molecule has 2 heterocycles. The maximum Gasteiger partial charge on any atom is 0.239 e. The lowest BCUT2D eigenvalue weighted by molar-refractivity contribution is 0.658. The van der Waals surface area contributed by atoms with Gasteiger partial charge in [-0.25, -0.2) is 10.8 Å². The van der Waals surface area contributed by atoms with Crippen LogP contribution >= 0.6 is 0 Å². The Morgan fingerprint density at radius 3 is 3.00 bits per heavy atom. The van der Waals surface area contributed by atoms with E-state index < -0.39 is 0 Å². The second kappa shape index (κ2) is 4.02. The molecule has 5 nitrogen and oxygen atoms in total. The summed E-state index contributed by atoms with van der Waals surface area (Å²) >= 11 is 0. The monoisotopic (exact) mass is 207 g/mol. The lowest BCUT2D eigenvalue weighted by atomic mass is 10.2. The van der Waals surface area contributed by atoms with Crippen molar-refractivity contribution in [2.24, 2.45) is 11.8 Å². The minimum absolute atomic E-state index is 0.482. The van der Waals surface area contributed by atoms with Crippen LogP contribution in [0.25, 0.3) is 0 Å². The molecule has 0 aromatic carbocycles. The maximum atomic E-state index is 5.30. The molecule has 1 aromatic rings. The zero-order valence-electron chi connectivity index (χ0n) is 9.20. The van der Waals surface area contributed by atoms with Crippen LogP contribution in [-0.2, 0) is 0 Å². The normalized spacial score (nSPS) is 20.7. The fraction of sp³-hybridized carbons (Fsp3) is 0.600. The summed E-state index contributed by atoms with van der Waals surface area (Å²) in [5.41, 5.74) is 3.58. The highest BCUT2D eigenvalue weighted by molar-refractivity contribution is 5.49. The van der Waals surface area contributed by atoms with Crippen LogP contribution in [0.4, 0.5) is 11.8 Å². The number of hydrogen-bond acceptors (Lipinski definition) is 5. The van der Waals surface area contributed by atoms with Crippen molar-refractivity contribution in [2.75, 3.05) is 23.4 Å². The van der Waals surface area contributed by atoms with Crippen LogP contribution in [0.3, 0.4) is 0 Å². The van der Waals surface area contributed by atoms with Crippen molar-refractivity contribution in [1.82, 2.24) is 9.97 Å². The number of nitrogens with one attached hydrogen (secondary N) is 1. The molecule has 0 amide bonds. The van der Waals surface area contributed by atoms with Gasteiger partial charge in [0.2, 0.25) is 5.95 Å². The predicted molar refractivity (Wildman–Crippen MR) is 60.6 cm³/mol. The maximum absolute atomic E-state index is 5.30. The topological polar surface area (TPSA) is 67.1 Å². The van der Waals surface area contributed by atoms with Crippen molar-refractivity contribution in [3.63, 3.8) is 0 Å². The van der Waals surface area contributed by atoms with Crippen LogP contribution in [0, 0.1) is 12.8 Å². The minimum Gasteiger partial charge on any atom is -0.356 e. The fourth-order valence-electron chi connectivity index (χ4n) is 1.95. The molecule has 0 saturated carbocycles. The van der Waals surface area contributed by atoms with Gasteiger partial charge in [0.1, 0.15) is 5.82 Å². The second-order valence-corrected chi connectivity index (χ2v) is 4.18. The second-order valence-electron chi connectivity index (χ2n) is 4.18. The largest absolute Gasteiger partial charge is 0.356 e. The summed E-state index contributed by atoms with van der Waals surface area (Å²) < 4.78 is 0. The van der Waals surface area contributed by atoms with Gasteiger partial charge < -0.3 is 4.90 Å². The Kier molecular flexibility index (Phi) is 2.73. The van der Waals surface area contributed by atoms with Gasteiger partial charge >= 0.3 is 0 Å². The van der Waals surface area contributed by atoms with Gasteiger partial charge in [-0.05, 0) is 19.3 Å². The highest BCUT2D eigenvalue weighted by Crippen LogP contribution is 2.24. The van der Waals surface area contributed by atoms with Gasteiger partial charge in [-0.15, -0.1) is 0 Å². The summed E-state index contributed by atoms with van der Waals surface area (Å²) in [6.45, 7) is 6.43. The Balaban J connectivity index is 2.26. The number of hydrogen-bond donors (Lipinski definition) is 2. The van der Waals surface area contributed by atoms with E-state index in [1.165, 1.54) is 6.42 Å². The van der Waals surface area contributed by atoms with E-state index in [1.807, 2.05) is 6.92 Å². The van der Waals surface area contributed by atoms with E-state index in [1.54, 1.807) is 6.20 Å². The first kappa shape index (κ1) is 10.2. The number of nitrogens with two attached hydrogens (primary N) is 1. The average Bonchev–Trinajstić information content (AvgIpc) is 2.65. The van der Waals surface area contributed by atoms with E-state index in [2.05, 4.69) is 27.2 Å². The quantitative estimate of drug-likeness (QED) is 0.557. The number of aryl methyl sites for hydroxylation is 1. The van der Waals surface area contributed by atoms with Crippen LogP contribution in [0.1, 0.15) is 18.9 Å². The number of anilines is 2. The summed E-state index contributed by atoms with van der Waals surface area (Å²) in [7, 11) is 0. The third kappa shape index (κ3) is 2.02. The molecule has 5 heteroatoms. The van der Waals surface area contributed by atoms with Gasteiger partial charge in [-0.2, -0.15) is 4.98 Å². The Morgan fingerprint density at radius 2 is 2.40 bits per heavy atom. The molecule has 1 fully saturated rings. The number of aromatic nitrogens is 2. The molecular formula is C10H17N5. The van der Waals surface area contributed by atoms with Crippen LogP contribution in [-0.4, -0.2) is 23.1 Å². The molecule has 1 aromatic heterocycles. The van der Waals surface area contributed by atoms with Gasteiger partial charge in [0.15, 0.2) is 0 Å². The third-order valence-corrected chi connectivity index (χ3v) is 2.80. The van der Waals surface area contributed by atoms with Gasteiger partial charge in [-0.3, -0.25) is 5.43 Å². The molecular weight excluding hydrogens is 190 g/mol. The van der Waals surface area contributed by atoms with Crippen molar-refractivity contribution in [3.05, 3.63) is 11.8 Å². The van der Waals surface area contributed by atoms with Gasteiger partial charge in [-0.1, -0.05) is 6.92 Å². The van der Waals surface area contributed by atoms with E-state index in [-0.39, 0.29) is 0 Å². The highest BCUT2D eigenvalue weighted by atomic mass is 15.3. The molecule has 3 N–H and O–H groups in total. The molecule has 0 aliphatic carbocycles. The van der Waals surface area contributed by atoms with E-state index >= 15 is 0 Å². The minimum atomic E-state index is 0.482. The molecule has 0 bridgehead atoms. The Morgan fingerprint density at radius 1 is 1.60 bits per heavy atom. The van der Waals surface area contributed by atoms with E-state index in [4.69, 9.17) is 5.84 Å². The zero-order valence-corrected chi connectivity index (χ0v) is 9.20. The van der Waals surface area contributed by atoms with Gasteiger partial charge in [0, 0.05) is 24.8 Å². The molecule has 1 atom stereocenters. The van der Waals surface area contributed by atoms with Crippen molar-refractivity contribution >= 4 is 11.8 Å². The number of rotatable bonds is 2. The summed E-state index contributed by atoms with van der Waals surface area (Å²) in [6, 6.07) is 0. The Hall–Kier alpha value is -1.36. The molecule has 1 aliphatic rings. The van der Waals surface area contributed by atoms with E-state index in [9.17, 15) is 0 Å². The van der Waals surface area contributed by atoms with Crippen LogP contribution in [0.2, 0.25) is 0 Å². The highest BCUT2D eigenvalue weighted by Gasteiger charge is 2.21. The van der Waals surface area contributed by atoms with Crippen molar-refractivity contribution in [3.8, 4) is 0 Å². The first-order chi connectivity index (χ1) is 7.20. The number of hydrazine groups is 1. The predicted octanol–water partition coefficient (Wildman–Crippen LogP) is 0.917. The van der Waals surface area contributed by atoms with E-state index in [0.717, 1.165) is 30.4 Å². The molecule has 0 radical (unpaired) electrons. The third-order valence-electron chi connectivity index (χ3n) is 2.80. The summed E-state index contributed by atoms with van der Waals surface area (Å²) in [5.74, 6) is 7.53. The average molecular weight is 207 g/mol. The van der Waals surface area contributed by atoms with Crippen LogP contribution in [0.5, 0.6) is 0 Å². The lowest BCUT2D eigenvalue weighted by Gasteiger charge is -2.19. The Labute approximate surface area is 89.7 Å². The van der Waals surface area contributed by atoms with Crippen molar-refractivity contribution < 1.29 is 0 Å². The SMILES string of the molecule is Cc1cnc(NN)nc1N1CCC(C)C1. The van der Waals surface area contributed by atoms with Crippen molar-refractivity contribution in [2.45, 2.75) is 20.3 Å². The molecule has 15 heavy (non-hydrogen) atoms. The number of nitrogens with zero attached hydrogens (tertiary/aromatic N) is 3. The lowest BCUT2D eigenvalue weighted by Crippen LogP contribution is -2.22. The summed E-state index contributed by atoms with van der Waals surface area (Å²) in [4.78, 5) is 10.8. The fourth-order valence-corrected chi connectivity index (χ4v) is 1.95. The standard InChI is InChI=1S/C10H17N5/c1-7-3-4-15(6-7)9-8(2)5-12-10(13-9)14-11/h5,7H,3-4,6,11H2,1-2H3,(H,12,13,14). The smallest absolute Gasteiger partial charge is 0.239 e. The van der Waals surface area contributed by atoms with Gasteiger partial charge in [0.05, 0.1) is 0 Å². The zero-order chi connectivity index (χ0) is 10.8. The molecule has 1 aliphatic heterocycles. The molecule has 2 rings (SSSR count). The first-order valence-electron chi connectivity index (χ1n) is 5.26. The van der Waals surface area contributed by atoms with Crippen LogP contribution < -0.4 is 16.2 Å². The van der Waals surface area contributed by atoms with Crippen LogP contribution in [0.15, 0.2) is 6.20 Å². The molecule has 82 valence electrons. The Bertz CT molecular complexity index is 352.